The normalized spacial score (nSPS) is 11.5. The van der Waals surface area contributed by atoms with Crippen LogP contribution in [0.4, 0.5) is 0 Å². The number of rotatable bonds is 14. The number of alkyl halides is 1. The quantitative estimate of drug-likeness (QED) is 0.205. The number of carbonyl (C=O) groups excluding carboxylic acids is 2. The zero-order valence-electron chi connectivity index (χ0n) is 14.2. The monoisotopic (exact) mass is 344 g/mol. The van der Waals surface area contributed by atoms with Crippen LogP contribution in [-0.4, -0.2) is 30.5 Å². The van der Waals surface area contributed by atoms with Crippen LogP contribution in [0.5, 0.6) is 0 Å². The Morgan fingerprint density at radius 2 is 1.48 bits per heavy atom. The summed E-state index contributed by atoms with van der Waals surface area (Å²) in [6, 6.07) is 0. The van der Waals surface area contributed by atoms with Crippen molar-refractivity contribution in [1.29, 1.82) is 0 Å². The van der Waals surface area contributed by atoms with Crippen molar-refractivity contribution in [3.63, 3.8) is 0 Å². The van der Waals surface area contributed by atoms with Gasteiger partial charge in [-0.15, -0.1) is 18.0 Å². The van der Waals surface area contributed by atoms with Gasteiger partial charge in [-0.25, -0.2) is 0 Å². The van der Waals surface area contributed by atoms with Gasteiger partial charge in [-0.2, -0.15) is 0 Å². The maximum atomic E-state index is 11.5. The lowest BCUT2D eigenvalue weighted by atomic mass is 10.1. The largest absolute Gasteiger partial charge is 0.466 e. The fourth-order valence-corrected chi connectivity index (χ4v) is 2.20. The Hall–Kier alpha value is -1.21. The average Bonchev–Trinajstić information content (AvgIpc) is 2.54. The second kappa shape index (κ2) is 15.7. The van der Waals surface area contributed by atoms with E-state index in [4.69, 9.17) is 27.5 Å². The lowest BCUT2D eigenvalue weighted by Gasteiger charge is -2.07. The number of hydrogen-bond donors (Lipinski definition) is 0. The van der Waals surface area contributed by atoms with Crippen molar-refractivity contribution in [2.75, 3.05) is 12.5 Å². The van der Waals surface area contributed by atoms with Gasteiger partial charge in [0.1, 0.15) is 0 Å². The van der Waals surface area contributed by atoms with Crippen LogP contribution in [0.2, 0.25) is 0 Å². The molecule has 1 unspecified atom stereocenters. The molecule has 132 valence electrons. The van der Waals surface area contributed by atoms with Gasteiger partial charge in [-0.3, -0.25) is 9.59 Å². The predicted octanol–water partition coefficient (Wildman–Crippen LogP) is 4.23. The third-order valence-electron chi connectivity index (χ3n) is 3.37. The highest BCUT2D eigenvalue weighted by Gasteiger charge is 2.11. The Morgan fingerprint density at radius 3 is 2.04 bits per heavy atom. The van der Waals surface area contributed by atoms with Gasteiger partial charge in [0.2, 0.25) is 0 Å². The van der Waals surface area contributed by atoms with Crippen molar-refractivity contribution in [2.24, 2.45) is 0 Å². The molecule has 0 saturated heterocycles. The number of ether oxygens (including phenoxy) is 2. The topological polar surface area (TPSA) is 52.6 Å². The first-order valence-corrected chi connectivity index (χ1v) is 9.00. The lowest BCUT2D eigenvalue weighted by Crippen LogP contribution is -2.15. The number of terminal acetylenes is 1. The van der Waals surface area contributed by atoms with Crippen LogP contribution in [-0.2, 0) is 19.1 Å². The Balaban J connectivity index is 3.37. The highest BCUT2D eigenvalue weighted by molar-refractivity contribution is 6.17. The molecule has 23 heavy (non-hydrogen) atoms. The molecule has 0 saturated carbocycles. The number of esters is 2. The summed E-state index contributed by atoms with van der Waals surface area (Å²) in [7, 11) is 0. The first kappa shape index (κ1) is 21.8. The van der Waals surface area contributed by atoms with Gasteiger partial charge in [0.05, 0.1) is 19.4 Å². The molecule has 0 bridgehead atoms. The summed E-state index contributed by atoms with van der Waals surface area (Å²) in [5, 5.41) is 0. The molecular weight excluding hydrogens is 316 g/mol. The Morgan fingerprint density at radius 1 is 0.957 bits per heavy atom. The van der Waals surface area contributed by atoms with Crippen molar-refractivity contribution >= 4 is 23.5 Å². The molecule has 5 heteroatoms. The molecule has 0 aromatic rings. The molecule has 0 rings (SSSR count). The number of halogens is 1. The average molecular weight is 345 g/mol. The zero-order chi connectivity index (χ0) is 17.3. The van der Waals surface area contributed by atoms with Gasteiger partial charge in [-0.05, 0) is 19.8 Å². The molecule has 4 nitrogen and oxygen atoms in total. The fourth-order valence-electron chi connectivity index (χ4n) is 2.01. The molecule has 0 amide bonds. The predicted molar refractivity (Wildman–Crippen MR) is 92.2 cm³/mol. The molecule has 0 aromatic heterocycles. The second-order valence-electron chi connectivity index (χ2n) is 5.54. The molecule has 0 heterocycles. The molecule has 0 aromatic carbocycles. The minimum Gasteiger partial charge on any atom is -0.466 e. The standard InChI is InChI=1S/C18H29ClO4/c1-3-16(2)23-18(21)13-12-17(20)22-15-11-9-7-5-4-6-8-10-14-19/h1,16H,4-15H2,2H3. The minimum atomic E-state index is -0.562. The van der Waals surface area contributed by atoms with Crippen molar-refractivity contribution in [1.82, 2.24) is 0 Å². The SMILES string of the molecule is C#CC(C)OC(=O)CCC(=O)OCCCCCCCCCCCl. The summed E-state index contributed by atoms with van der Waals surface area (Å²) >= 11 is 5.62. The van der Waals surface area contributed by atoms with Crippen molar-refractivity contribution in [2.45, 2.75) is 77.2 Å². The van der Waals surface area contributed by atoms with Crippen LogP contribution in [0.3, 0.4) is 0 Å². The third-order valence-corrected chi connectivity index (χ3v) is 3.63. The first-order chi connectivity index (χ1) is 11.1. The highest BCUT2D eigenvalue weighted by atomic mass is 35.5. The Kier molecular flexibility index (Phi) is 14.9. The van der Waals surface area contributed by atoms with E-state index < -0.39 is 12.1 Å². The number of unbranched alkanes of at least 4 members (excludes halogenated alkanes) is 7. The van der Waals surface area contributed by atoms with E-state index in [1.807, 2.05) is 0 Å². The molecule has 0 aliphatic heterocycles. The van der Waals surface area contributed by atoms with E-state index in [0.717, 1.165) is 31.6 Å². The Bertz CT molecular complexity index is 363. The van der Waals surface area contributed by atoms with Crippen molar-refractivity contribution in [3.8, 4) is 12.3 Å². The van der Waals surface area contributed by atoms with Crippen LogP contribution in [0.1, 0.15) is 71.1 Å². The van der Waals surface area contributed by atoms with E-state index in [1.165, 1.54) is 25.7 Å². The van der Waals surface area contributed by atoms with E-state index in [1.54, 1.807) is 6.92 Å². The highest BCUT2D eigenvalue weighted by Crippen LogP contribution is 2.09. The van der Waals surface area contributed by atoms with E-state index in [2.05, 4.69) is 5.92 Å². The molecule has 0 spiro atoms. The van der Waals surface area contributed by atoms with E-state index in [0.29, 0.717) is 6.61 Å². The van der Waals surface area contributed by atoms with Gasteiger partial charge in [-0.1, -0.05) is 44.4 Å². The van der Waals surface area contributed by atoms with Gasteiger partial charge in [0.25, 0.3) is 0 Å². The summed E-state index contributed by atoms with van der Waals surface area (Å²) in [5.41, 5.74) is 0. The zero-order valence-corrected chi connectivity index (χ0v) is 14.9. The number of hydrogen-bond acceptors (Lipinski definition) is 4. The van der Waals surface area contributed by atoms with Crippen LogP contribution in [0.25, 0.3) is 0 Å². The molecule has 0 aliphatic carbocycles. The smallest absolute Gasteiger partial charge is 0.307 e. The summed E-state index contributed by atoms with van der Waals surface area (Å²) in [6.45, 7) is 2.02. The fraction of sp³-hybridized carbons (Fsp3) is 0.778. The van der Waals surface area contributed by atoms with Gasteiger partial charge >= 0.3 is 11.9 Å². The summed E-state index contributed by atoms with van der Waals surface area (Å²) < 4.78 is 9.95. The Labute approximate surface area is 145 Å². The molecule has 0 aliphatic rings. The summed E-state index contributed by atoms with van der Waals surface area (Å²) in [6.07, 6.45) is 13.7. The molecule has 0 N–H and O–H groups in total. The summed E-state index contributed by atoms with van der Waals surface area (Å²) in [5.74, 6) is 2.21. The number of carbonyl (C=O) groups is 2. The van der Waals surface area contributed by atoms with Crippen molar-refractivity contribution < 1.29 is 19.1 Å². The van der Waals surface area contributed by atoms with Gasteiger partial charge in [0, 0.05) is 5.88 Å². The van der Waals surface area contributed by atoms with Gasteiger partial charge < -0.3 is 9.47 Å². The van der Waals surface area contributed by atoms with E-state index in [9.17, 15) is 9.59 Å². The van der Waals surface area contributed by atoms with Crippen LogP contribution in [0.15, 0.2) is 0 Å². The first-order valence-electron chi connectivity index (χ1n) is 8.47. The molecule has 0 radical (unpaired) electrons. The maximum Gasteiger partial charge on any atom is 0.307 e. The van der Waals surface area contributed by atoms with Crippen LogP contribution < -0.4 is 0 Å². The second-order valence-corrected chi connectivity index (χ2v) is 5.91. The van der Waals surface area contributed by atoms with Gasteiger partial charge in [0.15, 0.2) is 6.10 Å². The van der Waals surface area contributed by atoms with Crippen molar-refractivity contribution in [3.05, 3.63) is 0 Å². The molecule has 1 atom stereocenters. The third kappa shape index (κ3) is 15.5. The molecular formula is C18H29ClO4. The summed E-state index contributed by atoms with van der Waals surface area (Å²) in [4.78, 5) is 22.8. The van der Waals surface area contributed by atoms with Crippen LogP contribution in [0, 0.1) is 12.3 Å². The minimum absolute atomic E-state index is 0.00710. The maximum absolute atomic E-state index is 11.5. The van der Waals surface area contributed by atoms with Crippen LogP contribution >= 0.6 is 11.6 Å². The lowest BCUT2D eigenvalue weighted by molar-refractivity contribution is -0.151. The van der Waals surface area contributed by atoms with E-state index in [-0.39, 0.29) is 18.8 Å². The van der Waals surface area contributed by atoms with E-state index >= 15 is 0 Å². The molecule has 0 fully saturated rings.